The molecule has 0 aromatic carbocycles. The van der Waals surface area contributed by atoms with Gasteiger partial charge in [0.05, 0.1) is 13.2 Å². The van der Waals surface area contributed by atoms with E-state index in [2.05, 4.69) is 10.6 Å². The first kappa shape index (κ1) is 37.5. The summed E-state index contributed by atoms with van der Waals surface area (Å²) < 4.78 is 0. The average molecular weight is 575 g/mol. The van der Waals surface area contributed by atoms with Crippen molar-refractivity contribution in [2.24, 2.45) is 0 Å². The fraction of sp³-hybridized carbons (Fsp3) is 0.913. The minimum atomic E-state index is -2.08. The van der Waals surface area contributed by atoms with Gasteiger partial charge in [-0.15, -0.1) is 0 Å². The van der Waals surface area contributed by atoms with Crippen molar-refractivity contribution in [2.45, 2.75) is 106 Å². The first-order valence-corrected chi connectivity index (χ1v) is 12.9. The molecule has 0 rings (SSSR count). The molecule has 0 aromatic heterocycles. The lowest BCUT2D eigenvalue weighted by Crippen LogP contribution is -2.54. The summed E-state index contributed by atoms with van der Waals surface area (Å²) in [6, 6.07) is 0. The molecule has 39 heavy (non-hydrogen) atoms. The topological polar surface area (TPSA) is 301 Å². The standard InChI is InChI=1S/C23H46N2O14/c26-10-12(28)14(30)16(32)18(34)20(36)22(38)24-8-6-4-2-1-3-5-7-9-25-23(39)21(37)19(35)17(33)15(31)13(29)11-27/h12-21,26-37H,1-11H2,(H,24,38)(H,25,39)/t12-,13-,14+,15+,16-,17-,18-,19-,20-,21-/m1/s1. The van der Waals surface area contributed by atoms with Crippen LogP contribution < -0.4 is 10.6 Å². The van der Waals surface area contributed by atoms with Crippen molar-refractivity contribution in [3.8, 4) is 0 Å². The number of unbranched alkanes of at least 4 members (excludes halogenated alkanes) is 6. The van der Waals surface area contributed by atoms with Gasteiger partial charge in [0.25, 0.3) is 11.8 Å². The number of carbonyl (C=O) groups is 2. The highest BCUT2D eigenvalue weighted by Crippen LogP contribution is 2.11. The highest BCUT2D eigenvalue weighted by molar-refractivity contribution is 5.81. The molecule has 2 amide bonds. The quantitative estimate of drug-likeness (QED) is 0.0535. The molecule has 0 saturated heterocycles. The van der Waals surface area contributed by atoms with E-state index in [0.717, 1.165) is 32.1 Å². The summed E-state index contributed by atoms with van der Waals surface area (Å²) in [6.45, 7) is -1.41. The van der Waals surface area contributed by atoms with Gasteiger partial charge in [-0.05, 0) is 12.8 Å². The third-order valence-corrected chi connectivity index (χ3v) is 6.20. The summed E-state index contributed by atoms with van der Waals surface area (Å²) in [5.74, 6) is -1.94. The van der Waals surface area contributed by atoms with Crippen LogP contribution in [0.15, 0.2) is 0 Å². The van der Waals surface area contributed by atoms with E-state index in [-0.39, 0.29) is 13.1 Å². The molecular formula is C23H46N2O14. The molecule has 0 saturated carbocycles. The molecule has 14 N–H and O–H groups in total. The number of amides is 2. The Morgan fingerprint density at radius 2 is 0.718 bits per heavy atom. The number of aliphatic hydroxyl groups excluding tert-OH is 12. The molecule has 0 unspecified atom stereocenters. The van der Waals surface area contributed by atoms with E-state index < -0.39 is 86.1 Å². The second kappa shape index (κ2) is 20.4. The van der Waals surface area contributed by atoms with E-state index >= 15 is 0 Å². The summed E-state index contributed by atoms with van der Waals surface area (Å²) in [6.07, 6.45) is -14.7. The molecule has 16 heteroatoms. The van der Waals surface area contributed by atoms with Gasteiger partial charge in [0.2, 0.25) is 0 Å². The smallest absolute Gasteiger partial charge is 0.251 e. The zero-order valence-corrected chi connectivity index (χ0v) is 21.7. The first-order valence-electron chi connectivity index (χ1n) is 12.9. The van der Waals surface area contributed by atoms with Crippen LogP contribution in [-0.2, 0) is 9.59 Å². The second-order valence-electron chi connectivity index (χ2n) is 9.39. The number of carbonyl (C=O) groups excluding carboxylic acids is 2. The fourth-order valence-corrected chi connectivity index (χ4v) is 3.53. The average Bonchev–Trinajstić information content (AvgIpc) is 2.95. The Morgan fingerprint density at radius 1 is 0.436 bits per heavy atom. The molecule has 16 nitrogen and oxygen atoms in total. The van der Waals surface area contributed by atoms with E-state index in [1.807, 2.05) is 0 Å². The van der Waals surface area contributed by atoms with Gasteiger partial charge in [0, 0.05) is 13.1 Å². The van der Waals surface area contributed by atoms with Crippen molar-refractivity contribution in [1.82, 2.24) is 10.6 Å². The van der Waals surface area contributed by atoms with Crippen LogP contribution in [0, 0.1) is 0 Å². The Bertz CT molecular complexity index is 621. The van der Waals surface area contributed by atoms with Gasteiger partial charge in [-0.3, -0.25) is 9.59 Å². The predicted octanol–water partition coefficient (Wildman–Crippen LogP) is -6.46. The van der Waals surface area contributed by atoms with Crippen molar-refractivity contribution < 1.29 is 70.9 Å². The summed E-state index contributed by atoms with van der Waals surface area (Å²) in [7, 11) is 0. The molecule has 0 bridgehead atoms. The number of aliphatic hydroxyl groups is 12. The third kappa shape index (κ3) is 13.6. The molecule has 0 spiro atoms. The number of hydrogen-bond donors (Lipinski definition) is 14. The van der Waals surface area contributed by atoms with Crippen molar-refractivity contribution in [1.29, 1.82) is 0 Å². The van der Waals surface area contributed by atoms with Gasteiger partial charge in [0.1, 0.15) is 48.8 Å². The minimum absolute atomic E-state index is 0.186. The Morgan fingerprint density at radius 3 is 1.00 bits per heavy atom. The molecule has 0 aliphatic heterocycles. The summed E-state index contributed by atoms with van der Waals surface area (Å²) in [5.41, 5.74) is 0. The van der Waals surface area contributed by atoms with Crippen LogP contribution in [0.5, 0.6) is 0 Å². The maximum atomic E-state index is 11.9. The Balaban J connectivity index is 3.97. The van der Waals surface area contributed by atoms with Gasteiger partial charge in [-0.1, -0.05) is 32.1 Å². The van der Waals surface area contributed by atoms with Gasteiger partial charge in [-0.2, -0.15) is 0 Å². The van der Waals surface area contributed by atoms with E-state index in [4.69, 9.17) is 10.2 Å². The lowest BCUT2D eigenvalue weighted by molar-refractivity contribution is -0.157. The maximum Gasteiger partial charge on any atom is 0.251 e. The van der Waals surface area contributed by atoms with E-state index in [9.17, 15) is 60.7 Å². The van der Waals surface area contributed by atoms with Crippen molar-refractivity contribution in [3.05, 3.63) is 0 Å². The van der Waals surface area contributed by atoms with Crippen LogP contribution in [0.25, 0.3) is 0 Å². The number of rotatable bonds is 22. The first-order chi connectivity index (χ1) is 18.3. The van der Waals surface area contributed by atoms with E-state index in [1.54, 1.807) is 0 Å². The van der Waals surface area contributed by atoms with Crippen LogP contribution in [0.4, 0.5) is 0 Å². The fourth-order valence-electron chi connectivity index (χ4n) is 3.53. The van der Waals surface area contributed by atoms with Crippen LogP contribution in [0.3, 0.4) is 0 Å². The minimum Gasteiger partial charge on any atom is -0.394 e. The van der Waals surface area contributed by atoms with Crippen LogP contribution in [0.1, 0.15) is 44.9 Å². The van der Waals surface area contributed by atoms with E-state index in [0.29, 0.717) is 12.8 Å². The predicted molar refractivity (Wildman–Crippen MR) is 133 cm³/mol. The molecule has 0 aromatic rings. The molecule has 10 atom stereocenters. The molecule has 232 valence electrons. The highest BCUT2D eigenvalue weighted by Gasteiger charge is 2.38. The third-order valence-electron chi connectivity index (χ3n) is 6.20. The van der Waals surface area contributed by atoms with Gasteiger partial charge >= 0.3 is 0 Å². The maximum absolute atomic E-state index is 11.9. The normalized spacial score (nSPS) is 19.6. The number of hydrogen-bond acceptors (Lipinski definition) is 14. The summed E-state index contributed by atoms with van der Waals surface area (Å²) in [4.78, 5) is 23.8. The Labute approximate surface area is 226 Å². The van der Waals surface area contributed by atoms with Gasteiger partial charge in [0.15, 0.2) is 12.2 Å². The molecule has 0 heterocycles. The van der Waals surface area contributed by atoms with E-state index in [1.165, 1.54) is 0 Å². The lowest BCUT2D eigenvalue weighted by Gasteiger charge is -2.27. The van der Waals surface area contributed by atoms with Crippen LogP contribution in [0.2, 0.25) is 0 Å². The molecule has 0 aliphatic rings. The zero-order chi connectivity index (χ0) is 30.1. The molecular weight excluding hydrogens is 528 g/mol. The van der Waals surface area contributed by atoms with Crippen LogP contribution in [-0.4, -0.2) is 160 Å². The zero-order valence-electron chi connectivity index (χ0n) is 21.7. The monoisotopic (exact) mass is 574 g/mol. The SMILES string of the molecule is O=C(NCCCCCCCCCNC(=O)[C@H](O)[C@H](O)[C@H](O)[C@@H](O)[C@H](O)CO)[C@H](O)[C@H](O)[C@H](O)[C@@H](O)[C@H](O)CO. The molecule has 0 radical (unpaired) electrons. The molecule has 0 fully saturated rings. The van der Waals surface area contributed by atoms with Crippen molar-refractivity contribution in [3.63, 3.8) is 0 Å². The van der Waals surface area contributed by atoms with Gasteiger partial charge in [-0.25, -0.2) is 0 Å². The molecule has 0 aliphatic carbocycles. The number of nitrogens with one attached hydrogen (secondary N) is 2. The van der Waals surface area contributed by atoms with Gasteiger partial charge < -0.3 is 71.9 Å². The Hall–Kier alpha value is -1.54. The Kier molecular flexibility index (Phi) is 19.5. The second-order valence-corrected chi connectivity index (χ2v) is 9.39. The lowest BCUT2D eigenvalue weighted by atomic mass is 9.99. The van der Waals surface area contributed by atoms with Crippen LogP contribution >= 0.6 is 0 Å². The largest absolute Gasteiger partial charge is 0.394 e. The van der Waals surface area contributed by atoms with Crippen molar-refractivity contribution >= 4 is 11.8 Å². The summed E-state index contributed by atoms with van der Waals surface area (Å²) >= 11 is 0. The van der Waals surface area contributed by atoms with Crippen molar-refractivity contribution in [2.75, 3.05) is 26.3 Å². The highest BCUT2D eigenvalue weighted by atomic mass is 16.4. The summed E-state index contributed by atoms with van der Waals surface area (Å²) in [5, 5.41) is 118.